The first kappa shape index (κ1) is 15.8. The van der Waals surface area contributed by atoms with E-state index in [0.29, 0.717) is 5.71 Å². The van der Waals surface area contributed by atoms with Crippen molar-refractivity contribution in [2.24, 2.45) is 10.9 Å². The average molecular weight is 295 g/mol. The molecular weight excluding hydrogens is 280 g/mol. The predicted octanol–water partition coefficient (Wildman–Crippen LogP) is -2.74. The van der Waals surface area contributed by atoms with E-state index in [1.165, 1.54) is 0 Å². The highest BCUT2D eigenvalue weighted by Crippen LogP contribution is 2.08. The number of rotatable bonds is 2. The highest BCUT2D eigenvalue weighted by atomic mass is 35.5. The third-order valence-electron chi connectivity index (χ3n) is 2.63. The van der Waals surface area contributed by atoms with Gasteiger partial charge in [0.15, 0.2) is 0 Å². The lowest BCUT2D eigenvalue weighted by Crippen LogP contribution is -3.00. The lowest BCUT2D eigenvalue weighted by molar-refractivity contribution is -0.348. The highest BCUT2D eigenvalue weighted by molar-refractivity contribution is 5.97. The minimum atomic E-state index is -0.578. The molecule has 8 heteroatoms. The maximum absolute atomic E-state index is 11.0. The van der Waals surface area contributed by atoms with Gasteiger partial charge in [-0.05, 0) is 19.9 Å². The number of nitrogens with one attached hydrogen (secondary N) is 3. The van der Waals surface area contributed by atoms with Crippen LogP contribution in [0.4, 0.5) is 4.79 Å². The maximum atomic E-state index is 11.0. The fraction of sp³-hybridized carbons (Fsp3) is 0.167. The number of halogens is 1. The Kier molecular flexibility index (Phi) is 5.36. The molecule has 0 saturated carbocycles. The summed E-state index contributed by atoms with van der Waals surface area (Å²) in [5, 5.41) is 3.94. The number of hydrazine groups is 1. The van der Waals surface area contributed by atoms with Crippen molar-refractivity contribution < 1.29 is 22.2 Å². The van der Waals surface area contributed by atoms with Crippen molar-refractivity contribution >= 4 is 22.8 Å². The van der Waals surface area contributed by atoms with E-state index in [4.69, 9.17) is 5.84 Å². The van der Waals surface area contributed by atoms with Crippen molar-refractivity contribution in [2.75, 3.05) is 0 Å². The van der Waals surface area contributed by atoms with Crippen molar-refractivity contribution in [3.63, 3.8) is 0 Å². The number of urea groups is 1. The number of hydrazone groups is 1. The molecule has 0 fully saturated rings. The molecule has 0 radical (unpaired) electrons. The van der Waals surface area contributed by atoms with Gasteiger partial charge in [0.1, 0.15) is 16.9 Å². The fourth-order valence-corrected chi connectivity index (χ4v) is 1.71. The first-order chi connectivity index (χ1) is 9.11. The zero-order chi connectivity index (χ0) is 13.8. The zero-order valence-electron chi connectivity index (χ0n) is 11.1. The molecule has 0 spiro atoms. The Hall–Kier alpha value is -2.25. The molecular formula is C12H15ClN6O. The van der Waals surface area contributed by atoms with Crippen LogP contribution in [-0.4, -0.2) is 16.7 Å². The first-order valence-corrected chi connectivity index (χ1v) is 5.71. The van der Waals surface area contributed by atoms with Crippen LogP contribution in [0.15, 0.2) is 29.4 Å². The quantitative estimate of drug-likeness (QED) is 0.242. The molecule has 7 nitrogen and oxygen atoms in total. The second-order valence-corrected chi connectivity index (χ2v) is 4.00. The normalized spacial score (nSPS) is 10.8. The number of para-hydroxylation sites is 2. The Morgan fingerprint density at radius 2 is 2.10 bits per heavy atom. The molecule has 2 amide bonds. The van der Waals surface area contributed by atoms with Crippen molar-refractivity contribution in [2.45, 2.75) is 13.8 Å². The molecule has 1 aromatic carbocycles. The zero-order valence-corrected chi connectivity index (χ0v) is 11.8. The largest absolute Gasteiger partial charge is 1.00 e. The van der Waals surface area contributed by atoms with Crippen LogP contribution in [0.25, 0.3) is 11.0 Å². The summed E-state index contributed by atoms with van der Waals surface area (Å²) in [6.07, 6.45) is 0. The van der Waals surface area contributed by atoms with Gasteiger partial charge in [-0.3, -0.25) is 5.43 Å². The van der Waals surface area contributed by atoms with Gasteiger partial charge in [0.05, 0.1) is 0 Å². The molecule has 0 atom stereocenters. The standard InChI is InChI=1S/C12H14N6O.ClH/c1-7-11(8(2)17-18-12(19)16-13)15-10-6-4-3-5-9(10)14-7;/h3-6H,13H2,1-2H3,(H2,16,18,19);1H/b17-8+;. The Bertz CT molecular complexity index is 657. The lowest BCUT2D eigenvalue weighted by Gasteiger charge is -2.01. The van der Waals surface area contributed by atoms with E-state index in [0.717, 1.165) is 22.4 Å². The van der Waals surface area contributed by atoms with Gasteiger partial charge in [0.25, 0.3) is 0 Å². The van der Waals surface area contributed by atoms with Crippen LogP contribution in [0, 0.1) is 6.92 Å². The van der Waals surface area contributed by atoms with Crippen LogP contribution in [0.2, 0.25) is 0 Å². The number of H-pyrrole nitrogens is 1. The molecule has 5 N–H and O–H groups in total. The number of fused-ring (bicyclic) bond motifs is 1. The number of aryl methyl sites for hydroxylation is 1. The molecule has 2 aromatic rings. The maximum Gasteiger partial charge on any atom is 0.349 e. The van der Waals surface area contributed by atoms with Gasteiger partial charge >= 0.3 is 6.03 Å². The molecule has 0 unspecified atom stereocenters. The van der Waals surface area contributed by atoms with E-state index in [9.17, 15) is 4.79 Å². The molecule has 20 heavy (non-hydrogen) atoms. The smallest absolute Gasteiger partial charge is 0.349 e. The minimum absolute atomic E-state index is 0. The van der Waals surface area contributed by atoms with Gasteiger partial charge in [-0.25, -0.2) is 26.0 Å². The summed E-state index contributed by atoms with van der Waals surface area (Å²) in [6.45, 7) is 3.65. The number of hydrogen-bond acceptors (Lipinski definition) is 4. The average Bonchev–Trinajstić information content (AvgIpc) is 2.43. The molecule has 0 saturated heterocycles. The second kappa shape index (κ2) is 6.78. The summed E-state index contributed by atoms with van der Waals surface area (Å²) >= 11 is 0. The predicted molar refractivity (Wildman–Crippen MR) is 71.1 cm³/mol. The van der Waals surface area contributed by atoms with Crippen molar-refractivity contribution in [1.82, 2.24) is 15.8 Å². The van der Waals surface area contributed by atoms with Crippen LogP contribution in [-0.2, 0) is 0 Å². The molecule has 0 aliphatic heterocycles. The summed E-state index contributed by atoms with van der Waals surface area (Å²) in [5.41, 5.74) is 8.16. The number of amides is 2. The number of carbonyl (C=O) groups is 1. The van der Waals surface area contributed by atoms with Gasteiger partial charge in [0.2, 0.25) is 11.2 Å². The molecule has 1 heterocycles. The van der Waals surface area contributed by atoms with Crippen LogP contribution in [0.5, 0.6) is 0 Å². The Labute approximate surface area is 122 Å². The molecule has 1 aromatic heterocycles. The van der Waals surface area contributed by atoms with E-state index in [1.807, 2.05) is 36.6 Å². The Balaban J connectivity index is 0.00000200. The summed E-state index contributed by atoms with van der Waals surface area (Å²) < 4.78 is 0. The van der Waals surface area contributed by atoms with Gasteiger partial charge in [-0.2, -0.15) is 5.10 Å². The SMILES string of the molecule is C/C(=N\NC(=O)NN)c1[nH+]c2ccccc2nc1C.[Cl-]. The first-order valence-electron chi connectivity index (χ1n) is 5.71. The topological polar surface area (TPSA) is 107 Å². The Morgan fingerprint density at radius 1 is 1.40 bits per heavy atom. The monoisotopic (exact) mass is 294 g/mol. The summed E-state index contributed by atoms with van der Waals surface area (Å²) in [6, 6.07) is 7.13. The highest BCUT2D eigenvalue weighted by Gasteiger charge is 2.14. The van der Waals surface area contributed by atoms with E-state index in [2.05, 4.69) is 20.5 Å². The molecule has 0 aliphatic carbocycles. The van der Waals surface area contributed by atoms with Gasteiger partial charge in [-0.15, -0.1) is 0 Å². The van der Waals surface area contributed by atoms with E-state index < -0.39 is 6.03 Å². The fourth-order valence-electron chi connectivity index (χ4n) is 1.71. The van der Waals surface area contributed by atoms with Crippen LogP contribution >= 0.6 is 0 Å². The van der Waals surface area contributed by atoms with E-state index >= 15 is 0 Å². The van der Waals surface area contributed by atoms with Gasteiger partial charge in [0, 0.05) is 6.07 Å². The number of benzene rings is 1. The van der Waals surface area contributed by atoms with Crippen molar-refractivity contribution in [3.05, 3.63) is 35.7 Å². The molecule has 2 rings (SSSR count). The lowest BCUT2D eigenvalue weighted by atomic mass is 10.2. The van der Waals surface area contributed by atoms with Crippen molar-refractivity contribution in [3.8, 4) is 0 Å². The number of aromatic nitrogens is 2. The Morgan fingerprint density at radius 3 is 2.80 bits per heavy atom. The van der Waals surface area contributed by atoms with E-state index in [-0.39, 0.29) is 12.4 Å². The summed E-state index contributed by atoms with van der Waals surface area (Å²) in [4.78, 5) is 18.7. The number of aromatic amines is 1. The van der Waals surface area contributed by atoms with Crippen LogP contribution < -0.4 is 34.1 Å². The molecule has 106 valence electrons. The molecule has 0 aliphatic rings. The number of carbonyl (C=O) groups excluding carboxylic acids is 1. The van der Waals surface area contributed by atoms with E-state index in [1.54, 1.807) is 6.92 Å². The third kappa shape index (κ3) is 3.40. The van der Waals surface area contributed by atoms with Crippen molar-refractivity contribution in [1.29, 1.82) is 0 Å². The van der Waals surface area contributed by atoms with Crippen LogP contribution in [0.1, 0.15) is 18.3 Å². The van der Waals surface area contributed by atoms with Gasteiger partial charge in [-0.1, -0.05) is 12.1 Å². The summed E-state index contributed by atoms with van der Waals surface area (Å²) in [5.74, 6) is 4.95. The number of nitrogens with two attached hydrogens (primary N) is 1. The van der Waals surface area contributed by atoms with Gasteiger partial charge < -0.3 is 12.4 Å². The summed E-state index contributed by atoms with van der Waals surface area (Å²) in [7, 11) is 0. The molecule has 0 bridgehead atoms. The van der Waals surface area contributed by atoms with Crippen LogP contribution in [0.3, 0.4) is 0 Å². The minimum Gasteiger partial charge on any atom is -1.00 e. The number of hydrogen-bond donors (Lipinski definition) is 3. The second-order valence-electron chi connectivity index (χ2n) is 4.00. The third-order valence-corrected chi connectivity index (χ3v) is 2.63. The number of nitrogens with zero attached hydrogens (tertiary/aromatic N) is 2.